The van der Waals surface area contributed by atoms with Crippen LogP contribution in [-0.4, -0.2) is 140 Å². The van der Waals surface area contributed by atoms with Crippen molar-refractivity contribution in [3.05, 3.63) is 134 Å². The lowest BCUT2D eigenvalue weighted by Crippen LogP contribution is -2.65. The number of amides is 1. The Hall–Kier alpha value is -3.87. The summed E-state index contributed by atoms with van der Waals surface area (Å²) in [5.74, 6) is -0.263. The number of rotatable bonds is 54. The standard InChI is InChI=1S/C74H123NO13/c1-3-5-7-9-11-13-15-17-19-21-23-24-25-26-27-28-29-30-31-32-33-34-35-36-37-38-40-42-44-46-48-50-52-54-56-58-66(79)75-62(63(78)57-55-53-51-49-47-45-43-41-39-22-20-18-16-14-12-10-8-6-4-2)61-85-73-71(84)69(82)72(65(60-77)87-73)88-74-70(83)68(81)67(80)64(59-76)86-74/h5,7,11,13,17,19,23-24,26-27,29-30,32-33,35-36,39,41,47,49,55,57,62-65,67-74,76-78,80-84H,3-4,6,8-10,12,14-16,18,20-22,25,28,31,34,37-38,40,42-46,48,50-54,56,58-61H2,1-2H3,(H,75,79)/b7-5-,13-11-,19-17-,24-23-,27-26-,30-29-,33-32-,36-35-,41-39+,49-47+,57-55+. The highest BCUT2D eigenvalue weighted by Crippen LogP contribution is 2.30. The fraction of sp³-hybridized carbons (Fsp3) is 0.689. The molecule has 12 unspecified atom stereocenters. The van der Waals surface area contributed by atoms with Crippen molar-refractivity contribution in [1.82, 2.24) is 5.32 Å². The first kappa shape index (κ1) is 80.2. The van der Waals surface area contributed by atoms with Crippen molar-refractivity contribution in [3.63, 3.8) is 0 Å². The summed E-state index contributed by atoms with van der Waals surface area (Å²) < 4.78 is 22.8. The molecule has 0 radical (unpaired) electrons. The van der Waals surface area contributed by atoms with Gasteiger partial charge in [-0.05, 0) is 109 Å². The second-order valence-corrected chi connectivity index (χ2v) is 23.5. The largest absolute Gasteiger partial charge is 0.394 e. The molecule has 2 heterocycles. The molecule has 12 atom stereocenters. The topological polar surface area (TPSA) is 228 Å². The van der Waals surface area contributed by atoms with Gasteiger partial charge in [0, 0.05) is 6.42 Å². The Balaban J connectivity index is 1.69. The minimum absolute atomic E-state index is 0.256. The second kappa shape index (κ2) is 57.1. The molecule has 9 N–H and O–H groups in total. The molecular formula is C74H123NO13. The summed E-state index contributed by atoms with van der Waals surface area (Å²) in [5.41, 5.74) is 0. The van der Waals surface area contributed by atoms with Crippen LogP contribution in [0.1, 0.15) is 232 Å². The predicted molar refractivity (Wildman–Crippen MR) is 359 cm³/mol. The molecule has 2 aliphatic rings. The Morgan fingerprint density at radius 2 is 0.795 bits per heavy atom. The van der Waals surface area contributed by atoms with E-state index in [4.69, 9.17) is 18.9 Å². The predicted octanol–water partition coefficient (Wildman–Crippen LogP) is 13.9. The number of hydrogen-bond donors (Lipinski definition) is 9. The van der Waals surface area contributed by atoms with Gasteiger partial charge < -0.3 is 65.1 Å². The van der Waals surface area contributed by atoms with Gasteiger partial charge in [0.15, 0.2) is 12.6 Å². The average molecular weight is 1230 g/mol. The maximum absolute atomic E-state index is 13.3. The number of carbonyl (C=O) groups excluding carboxylic acids is 1. The Labute approximate surface area is 532 Å². The molecule has 0 bridgehead atoms. The van der Waals surface area contributed by atoms with Gasteiger partial charge in [-0.2, -0.15) is 0 Å². The quantitative estimate of drug-likeness (QED) is 0.0204. The lowest BCUT2D eigenvalue weighted by Gasteiger charge is -2.46. The van der Waals surface area contributed by atoms with Gasteiger partial charge in [0.2, 0.25) is 5.91 Å². The maximum Gasteiger partial charge on any atom is 0.220 e. The van der Waals surface area contributed by atoms with Crippen molar-refractivity contribution in [2.45, 2.75) is 306 Å². The van der Waals surface area contributed by atoms with Gasteiger partial charge in [0.1, 0.15) is 48.8 Å². The number of carbonyl (C=O) groups is 1. The number of unbranched alkanes of at least 4 members (excludes halogenated alkanes) is 21. The van der Waals surface area contributed by atoms with Crippen molar-refractivity contribution in [2.75, 3.05) is 19.8 Å². The number of aliphatic hydroxyl groups is 8. The van der Waals surface area contributed by atoms with E-state index in [-0.39, 0.29) is 18.9 Å². The molecule has 14 heteroatoms. The zero-order valence-electron chi connectivity index (χ0n) is 54.4. The van der Waals surface area contributed by atoms with Gasteiger partial charge >= 0.3 is 0 Å². The smallest absolute Gasteiger partial charge is 0.220 e. The molecule has 0 aliphatic carbocycles. The van der Waals surface area contributed by atoms with Crippen molar-refractivity contribution in [3.8, 4) is 0 Å². The van der Waals surface area contributed by atoms with E-state index in [9.17, 15) is 45.6 Å². The van der Waals surface area contributed by atoms with E-state index >= 15 is 0 Å². The van der Waals surface area contributed by atoms with Crippen LogP contribution in [0.4, 0.5) is 0 Å². The highest BCUT2D eigenvalue weighted by Gasteiger charge is 2.51. The summed E-state index contributed by atoms with van der Waals surface area (Å²) >= 11 is 0. The number of hydrogen-bond acceptors (Lipinski definition) is 13. The molecule has 0 spiro atoms. The molecule has 14 nitrogen and oxygen atoms in total. The first-order valence-corrected chi connectivity index (χ1v) is 34.4. The van der Waals surface area contributed by atoms with E-state index in [1.165, 1.54) is 96.3 Å². The third kappa shape index (κ3) is 40.8. The molecule has 2 aliphatic heterocycles. The highest BCUT2D eigenvalue weighted by molar-refractivity contribution is 5.76. The molecular weight excluding hydrogens is 1110 g/mol. The Morgan fingerprint density at radius 3 is 1.25 bits per heavy atom. The molecule has 2 saturated heterocycles. The molecule has 2 fully saturated rings. The zero-order valence-corrected chi connectivity index (χ0v) is 54.4. The van der Waals surface area contributed by atoms with Crippen LogP contribution in [0.25, 0.3) is 0 Å². The first-order valence-electron chi connectivity index (χ1n) is 34.4. The van der Waals surface area contributed by atoms with Gasteiger partial charge in [0.05, 0.1) is 32.0 Å². The Morgan fingerprint density at radius 1 is 0.420 bits per heavy atom. The van der Waals surface area contributed by atoms with E-state index in [1.807, 2.05) is 6.08 Å². The lowest BCUT2D eigenvalue weighted by atomic mass is 9.97. The van der Waals surface area contributed by atoms with Crippen LogP contribution in [0.2, 0.25) is 0 Å². The Bertz CT molecular complexity index is 1990. The molecule has 502 valence electrons. The van der Waals surface area contributed by atoms with E-state index in [2.05, 4.69) is 141 Å². The average Bonchev–Trinajstić information content (AvgIpc) is 1.84. The molecule has 88 heavy (non-hydrogen) atoms. The van der Waals surface area contributed by atoms with Crippen LogP contribution in [0.3, 0.4) is 0 Å². The minimum atomic E-state index is -1.80. The molecule has 0 saturated carbocycles. The van der Waals surface area contributed by atoms with E-state index in [1.54, 1.807) is 6.08 Å². The van der Waals surface area contributed by atoms with E-state index in [0.29, 0.717) is 12.8 Å². The molecule has 0 aromatic heterocycles. The molecule has 1 amide bonds. The molecule has 2 rings (SSSR count). The van der Waals surface area contributed by atoms with Crippen LogP contribution >= 0.6 is 0 Å². The van der Waals surface area contributed by atoms with Crippen LogP contribution in [0, 0.1) is 0 Å². The van der Waals surface area contributed by atoms with Gasteiger partial charge in [-0.15, -0.1) is 0 Å². The number of allylic oxidation sites excluding steroid dienone is 21. The molecule has 0 aromatic rings. The summed E-state index contributed by atoms with van der Waals surface area (Å²) in [4.78, 5) is 13.3. The lowest BCUT2D eigenvalue weighted by molar-refractivity contribution is -0.359. The van der Waals surface area contributed by atoms with Crippen molar-refractivity contribution in [1.29, 1.82) is 0 Å². The van der Waals surface area contributed by atoms with Crippen LogP contribution in [-0.2, 0) is 23.7 Å². The van der Waals surface area contributed by atoms with Crippen molar-refractivity contribution >= 4 is 5.91 Å². The summed E-state index contributed by atoms with van der Waals surface area (Å²) in [6, 6.07) is -0.950. The van der Waals surface area contributed by atoms with Crippen molar-refractivity contribution < 1.29 is 64.6 Å². The normalized spacial score (nSPS) is 24.0. The highest BCUT2D eigenvalue weighted by atomic mass is 16.7. The first-order chi connectivity index (χ1) is 43.1. The minimum Gasteiger partial charge on any atom is -0.394 e. The van der Waals surface area contributed by atoms with Crippen LogP contribution < -0.4 is 5.32 Å². The van der Waals surface area contributed by atoms with Crippen molar-refractivity contribution in [2.24, 2.45) is 0 Å². The van der Waals surface area contributed by atoms with Crippen LogP contribution in [0.5, 0.6) is 0 Å². The Kier molecular flexibility index (Phi) is 52.0. The van der Waals surface area contributed by atoms with E-state index in [0.717, 1.165) is 103 Å². The number of ether oxygens (including phenoxy) is 4. The summed E-state index contributed by atoms with van der Waals surface area (Å²) in [7, 11) is 0. The molecule has 0 aromatic carbocycles. The van der Waals surface area contributed by atoms with Gasteiger partial charge in [-0.1, -0.05) is 250 Å². The summed E-state index contributed by atoms with van der Waals surface area (Å²) in [6.07, 6.45) is 67.8. The third-order valence-electron chi connectivity index (χ3n) is 15.8. The number of nitrogens with one attached hydrogen (secondary N) is 1. The van der Waals surface area contributed by atoms with Crippen LogP contribution in [0.15, 0.2) is 134 Å². The number of aliphatic hydroxyl groups excluding tert-OH is 8. The second-order valence-electron chi connectivity index (χ2n) is 23.5. The zero-order chi connectivity index (χ0) is 63.8. The van der Waals surface area contributed by atoms with Gasteiger partial charge in [0.25, 0.3) is 0 Å². The fourth-order valence-electron chi connectivity index (χ4n) is 10.3. The van der Waals surface area contributed by atoms with E-state index < -0.39 is 86.8 Å². The van der Waals surface area contributed by atoms with Gasteiger partial charge in [-0.25, -0.2) is 0 Å². The fourth-order valence-corrected chi connectivity index (χ4v) is 10.3. The summed E-state index contributed by atoms with van der Waals surface area (Å²) in [6.45, 7) is 2.65. The summed E-state index contributed by atoms with van der Waals surface area (Å²) in [5, 5.41) is 87.3. The maximum atomic E-state index is 13.3. The van der Waals surface area contributed by atoms with Gasteiger partial charge in [-0.3, -0.25) is 4.79 Å². The monoisotopic (exact) mass is 1230 g/mol. The SMILES string of the molecule is CC/C=C\C/C=C\C/C=C\C/C=C\C/C=C\C/C=C\C/C=C\C/C=C\CCCCCCCCCCCCC(=O)NC(COC1OC(CO)C(OC2OC(CO)C(O)C(O)C2O)C(O)C1O)C(O)/C=C/CC/C=C/CC/C=C/CCCCCCCCCCC. The third-order valence-corrected chi connectivity index (χ3v) is 15.8.